The molecule has 1 atom stereocenters. The largest absolute Gasteiger partial charge is 0.325 e. The van der Waals surface area contributed by atoms with Crippen LogP contribution in [0.3, 0.4) is 0 Å². The predicted molar refractivity (Wildman–Crippen MR) is 87.3 cm³/mol. The molecule has 0 saturated carbocycles. The van der Waals surface area contributed by atoms with Gasteiger partial charge in [0, 0.05) is 24.0 Å². The van der Waals surface area contributed by atoms with Crippen molar-refractivity contribution in [2.45, 2.75) is 24.3 Å². The van der Waals surface area contributed by atoms with Crippen LogP contribution in [0, 0.1) is 0 Å². The van der Waals surface area contributed by atoms with Gasteiger partial charge in [0.2, 0.25) is 15.9 Å². The first kappa shape index (κ1) is 18.4. The molecule has 1 amide bonds. The lowest BCUT2D eigenvalue weighted by molar-refractivity contribution is -0.114. The van der Waals surface area contributed by atoms with E-state index in [9.17, 15) is 13.2 Å². The summed E-state index contributed by atoms with van der Waals surface area (Å²) in [6, 6.07) is 4.44. The zero-order valence-electron chi connectivity index (χ0n) is 11.3. The fourth-order valence-electron chi connectivity index (χ4n) is 2.00. The molecule has 1 heterocycles. The third-order valence-corrected chi connectivity index (χ3v) is 5.12. The van der Waals surface area contributed by atoms with Gasteiger partial charge in [0.05, 0.1) is 10.6 Å². The average Bonchev–Trinajstić information content (AvgIpc) is 2.83. The summed E-state index contributed by atoms with van der Waals surface area (Å²) < 4.78 is 27.6. The van der Waals surface area contributed by atoms with E-state index < -0.39 is 10.0 Å². The smallest absolute Gasteiger partial charge is 0.240 e. The van der Waals surface area contributed by atoms with E-state index in [1.807, 2.05) is 0 Å². The summed E-state index contributed by atoms with van der Waals surface area (Å²) in [6.45, 7) is 2.86. The number of carbonyl (C=O) groups excluding carboxylic acids is 1. The monoisotopic (exact) mass is 397 g/mol. The Morgan fingerprint density at radius 1 is 1.43 bits per heavy atom. The molecule has 3 N–H and O–H groups in total. The maximum Gasteiger partial charge on any atom is 0.240 e. The molecular formula is C12H17BrClN3O3S. The minimum absolute atomic E-state index is 0. The molecule has 1 fully saturated rings. The van der Waals surface area contributed by atoms with Gasteiger partial charge in [-0.1, -0.05) is 0 Å². The molecule has 0 aromatic heterocycles. The third kappa shape index (κ3) is 4.93. The molecular weight excluding hydrogens is 382 g/mol. The highest BCUT2D eigenvalue weighted by molar-refractivity contribution is 9.10. The van der Waals surface area contributed by atoms with Crippen LogP contribution in [0.5, 0.6) is 0 Å². The van der Waals surface area contributed by atoms with Crippen LogP contribution in [0.4, 0.5) is 5.69 Å². The molecule has 1 aliphatic heterocycles. The number of amides is 1. The number of hydrogen-bond donors (Lipinski definition) is 3. The molecule has 1 aromatic carbocycles. The highest BCUT2D eigenvalue weighted by atomic mass is 79.9. The molecule has 1 saturated heterocycles. The highest BCUT2D eigenvalue weighted by Crippen LogP contribution is 2.26. The van der Waals surface area contributed by atoms with Gasteiger partial charge in [0.1, 0.15) is 0 Å². The summed E-state index contributed by atoms with van der Waals surface area (Å²) in [5.41, 5.74) is 0.541. The predicted octanol–water partition coefficient (Wildman–Crippen LogP) is 1.47. The molecule has 21 heavy (non-hydrogen) atoms. The van der Waals surface area contributed by atoms with Gasteiger partial charge in [-0.2, -0.15) is 0 Å². The second kappa shape index (κ2) is 7.55. The number of sulfonamides is 1. The van der Waals surface area contributed by atoms with Crippen LogP contribution in [0.2, 0.25) is 0 Å². The molecule has 118 valence electrons. The first-order valence-electron chi connectivity index (χ1n) is 6.19. The molecule has 0 radical (unpaired) electrons. The Morgan fingerprint density at radius 3 is 2.67 bits per heavy atom. The molecule has 6 nitrogen and oxygen atoms in total. The highest BCUT2D eigenvalue weighted by Gasteiger charge is 2.23. The first-order chi connectivity index (χ1) is 9.38. The molecule has 0 bridgehead atoms. The number of halogens is 2. The normalized spacial score (nSPS) is 18.1. The van der Waals surface area contributed by atoms with Gasteiger partial charge in [0.15, 0.2) is 0 Å². The lowest BCUT2D eigenvalue weighted by atomic mass is 10.3. The van der Waals surface area contributed by atoms with Gasteiger partial charge < -0.3 is 10.6 Å². The van der Waals surface area contributed by atoms with Crippen molar-refractivity contribution in [3.05, 3.63) is 22.7 Å². The van der Waals surface area contributed by atoms with Gasteiger partial charge in [-0.05, 0) is 47.1 Å². The number of nitrogens with one attached hydrogen (secondary N) is 3. The summed E-state index contributed by atoms with van der Waals surface area (Å²) in [5.74, 6) is -0.212. The Balaban J connectivity index is 0.00000220. The third-order valence-electron chi connectivity index (χ3n) is 2.94. The molecule has 1 aromatic rings. The minimum Gasteiger partial charge on any atom is -0.325 e. The van der Waals surface area contributed by atoms with Crippen LogP contribution in [0.25, 0.3) is 0 Å². The van der Waals surface area contributed by atoms with Crippen molar-refractivity contribution in [3.63, 3.8) is 0 Å². The Hall–Kier alpha value is -0.670. The summed E-state index contributed by atoms with van der Waals surface area (Å²) in [4.78, 5) is 11.2. The van der Waals surface area contributed by atoms with Gasteiger partial charge in [0.25, 0.3) is 0 Å². The van der Waals surface area contributed by atoms with Gasteiger partial charge >= 0.3 is 0 Å². The van der Waals surface area contributed by atoms with Crippen molar-refractivity contribution >= 4 is 50.0 Å². The van der Waals surface area contributed by atoms with Crippen LogP contribution in [0.15, 0.2) is 27.6 Å². The summed E-state index contributed by atoms with van der Waals surface area (Å²) in [5, 5.41) is 5.72. The van der Waals surface area contributed by atoms with E-state index in [0.29, 0.717) is 16.7 Å². The lowest BCUT2D eigenvalue weighted by Gasteiger charge is -2.13. The number of rotatable bonds is 4. The van der Waals surface area contributed by atoms with E-state index in [4.69, 9.17) is 0 Å². The van der Waals surface area contributed by atoms with Crippen molar-refractivity contribution < 1.29 is 13.2 Å². The maximum atomic E-state index is 12.2. The fourth-order valence-corrected chi connectivity index (χ4v) is 3.92. The fraction of sp³-hybridized carbons (Fsp3) is 0.417. The SMILES string of the molecule is CC(=O)Nc1ccc(S(=O)(=O)NC2CCNC2)cc1Br.Cl. The van der Waals surface area contributed by atoms with Crippen molar-refractivity contribution in [1.82, 2.24) is 10.0 Å². The van der Waals surface area contributed by atoms with E-state index in [1.54, 1.807) is 6.07 Å². The van der Waals surface area contributed by atoms with Gasteiger partial charge in [-0.15, -0.1) is 12.4 Å². The summed E-state index contributed by atoms with van der Waals surface area (Å²) >= 11 is 3.26. The molecule has 0 spiro atoms. The standard InChI is InChI=1S/C12H16BrN3O3S.ClH/c1-8(17)15-12-3-2-10(6-11(12)13)20(18,19)16-9-4-5-14-7-9;/h2-3,6,9,14,16H,4-5,7H2,1H3,(H,15,17);1H. The van der Waals surface area contributed by atoms with E-state index >= 15 is 0 Å². The minimum atomic E-state index is -3.54. The van der Waals surface area contributed by atoms with Gasteiger partial charge in [-0.3, -0.25) is 4.79 Å². The number of benzene rings is 1. The lowest BCUT2D eigenvalue weighted by Crippen LogP contribution is -2.36. The summed E-state index contributed by atoms with van der Waals surface area (Å²) in [7, 11) is -3.54. The van der Waals surface area contributed by atoms with Crippen molar-refractivity contribution in [3.8, 4) is 0 Å². The van der Waals surface area contributed by atoms with Crippen molar-refractivity contribution in [2.24, 2.45) is 0 Å². The quantitative estimate of drug-likeness (QED) is 0.717. The zero-order chi connectivity index (χ0) is 14.8. The molecule has 1 unspecified atom stereocenters. The Labute approximate surface area is 138 Å². The maximum absolute atomic E-state index is 12.2. The second-order valence-electron chi connectivity index (χ2n) is 4.63. The van der Waals surface area contributed by atoms with Crippen LogP contribution in [-0.4, -0.2) is 33.5 Å². The molecule has 2 rings (SSSR count). The Morgan fingerprint density at radius 2 is 2.14 bits per heavy atom. The Bertz CT molecular complexity index is 618. The van der Waals surface area contributed by atoms with E-state index in [-0.39, 0.29) is 29.3 Å². The second-order valence-corrected chi connectivity index (χ2v) is 7.20. The van der Waals surface area contributed by atoms with Gasteiger partial charge in [-0.25, -0.2) is 13.1 Å². The zero-order valence-corrected chi connectivity index (χ0v) is 14.6. The number of hydrogen-bond acceptors (Lipinski definition) is 4. The van der Waals surface area contributed by atoms with E-state index in [1.165, 1.54) is 19.1 Å². The summed E-state index contributed by atoms with van der Waals surface area (Å²) in [6.07, 6.45) is 0.782. The topological polar surface area (TPSA) is 87.3 Å². The van der Waals surface area contributed by atoms with Crippen LogP contribution < -0.4 is 15.4 Å². The van der Waals surface area contributed by atoms with Crippen LogP contribution in [-0.2, 0) is 14.8 Å². The van der Waals surface area contributed by atoms with E-state index in [2.05, 4.69) is 31.3 Å². The van der Waals surface area contributed by atoms with Crippen LogP contribution >= 0.6 is 28.3 Å². The molecule has 1 aliphatic rings. The van der Waals surface area contributed by atoms with E-state index in [0.717, 1.165) is 13.0 Å². The number of carbonyl (C=O) groups is 1. The number of anilines is 1. The first-order valence-corrected chi connectivity index (χ1v) is 8.46. The molecule has 9 heteroatoms. The average molecular weight is 399 g/mol. The van der Waals surface area contributed by atoms with Crippen LogP contribution in [0.1, 0.15) is 13.3 Å². The molecule has 0 aliphatic carbocycles. The van der Waals surface area contributed by atoms with Crippen molar-refractivity contribution in [1.29, 1.82) is 0 Å². The van der Waals surface area contributed by atoms with Crippen molar-refractivity contribution in [2.75, 3.05) is 18.4 Å². The Kier molecular flexibility index (Phi) is 6.61.